The highest BCUT2D eigenvalue weighted by Gasteiger charge is 2.20. The van der Waals surface area contributed by atoms with Crippen molar-refractivity contribution in [2.24, 2.45) is 0 Å². The normalized spacial score (nSPS) is 11.8. The summed E-state index contributed by atoms with van der Waals surface area (Å²) in [4.78, 5) is 0.230. The lowest BCUT2D eigenvalue weighted by atomic mass is 9.98. The van der Waals surface area contributed by atoms with Gasteiger partial charge in [0.1, 0.15) is 0 Å². The third-order valence-electron chi connectivity index (χ3n) is 2.72. The Morgan fingerprint density at radius 1 is 1.18 bits per heavy atom. The standard InChI is InChI=1S/C13H17NO2S/c1-9(2)13-6-5-12(7-11(13)8-14)17(15,16)10(3)4/h5-7,9-10H,1-4H3. The number of rotatable bonds is 3. The van der Waals surface area contributed by atoms with Crippen LogP contribution in [0.3, 0.4) is 0 Å². The summed E-state index contributed by atoms with van der Waals surface area (Å²) in [6.07, 6.45) is 0. The van der Waals surface area contributed by atoms with Gasteiger partial charge in [-0.25, -0.2) is 8.42 Å². The zero-order valence-electron chi connectivity index (χ0n) is 10.6. The second-order valence-corrected chi connectivity index (χ2v) is 7.11. The van der Waals surface area contributed by atoms with Crippen molar-refractivity contribution < 1.29 is 8.42 Å². The largest absolute Gasteiger partial charge is 0.223 e. The van der Waals surface area contributed by atoms with Gasteiger partial charge in [-0.2, -0.15) is 5.26 Å². The number of hydrogen-bond donors (Lipinski definition) is 0. The van der Waals surface area contributed by atoms with Crippen LogP contribution in [-0.4, -0.2) is 13.7 Å². The number of hydrogen-bond acceptors (Lipinski definition) is 3. The van der Waals surface area contributed by atoms with Crippen LogP contribution in [0.2, 0.25) is 0 Å². The predicted octanol–water partition coefficient (Wildman–Crippen LogP) is 2.86. The van der Waals surface area contributed by atoms with E-state index in [1.165, 1.54) is 6.07 Å². The molecule has 4 heteroatoms. The molecular weight excluding hydrogens is 234 g/mol. The molecule has 0 amide bonds. The van der Waals surface area contributed by atoms with Gasteiger partial charge in [0.2, 0.25) is 0 Å². The van der Waals surface area contributed by atoms with E-state index in [2.05, 4.69) is 6.07 Å². The Labute approximate surface area is 103 Å². The predicted molar refractivity (Wildman–Crippen MR) is 67.6 cm³/mol. The van der Waals surface area contributed by atoms with Gasteiger partial charge < -0.3 is 0 Å². The fourth-order valence-corrected chi connectivity index (χ4v) is 2.67. The van der Waals surface area contributed by atoms with E-state index in [0.717, 1.165) is 5.56 Å². The highest BCUT2D eigenvalue weighted by atomic mass is 32.2. The molecule has 0 fully saturated rings. The quantitative estimate of drug-likeness (QED) is 0.830. The number of nitriles is 1. The number of sulfone groups is 1. The summed E-state index contributed by atoms with van der Waals surface area (Å²) in [6, 6.07) is 6.86. The molecular formula is C13H17NO2S. The fraction of sp³-hybridized carbons (Fsp3) is 0.462. The van der Waals surface area contributed by atoms with Gasteiger partial charge in [-0.05, 0) is 37.5 Å². The van der Waals surface area contributed by atoms with Crippen LogP contribution in [0.4, 0.5) is 0 Å². The Morgan fingerprint density at radius 3 is 2.18 bits per heavy atom. The lowest BCUT2D eigenvalue weighted by molar-refractivity contribution is 0.587. The molecule has 17 heavy (non-hydrogen) atoms. The molecule has 1 rings (SSSR count). The molecule has 0 aliphatic carbocycles. The number of benzene rings is 1. The second-order valence-electron chi connectivity index (χ2n) is 4.61. The van der Waals surface area contributed by atoms with Crippen molar-refractivity contribution in [3.05, 3.63) is 29.3 Å². The molecule has 0 aromatic heterocycles. The molecule has 0 N–H and O–H groups in total. The third-order valence-corrected chi connectivity index (χ3v) is 4.87. The van der Waals surface area contributed by atoms with Crippen LogP contribution in [0.25, 0.3) is 0 Å². The van der Waals surface area contributed by atoms with E-state index in [1.54, 1.807) is 26.0 Å². The third kappa shape index (κ3) is 2.67. The lowest BCUT2D eigenvalue weighted by Crippen LogP contribution is -2.14. The van der Waals surface area contributed by atoms with Crippen molar-refractivity contribution in [2.75, 3.05) is 0 Å². The summed E-state index contributed by atoms with van der Waals surface area (Å²) < 4.78 is 23.9. The summed E-state index contributed by atoms with van der Waals surface area (Å²) >= 11 is 0. The first-order valence-electron chi connectivity index (χ1n) is 5.58. The van der Waals surface area contributed by atoms with Crippen LogP contribution >= 0.6 is 0 Å². The summed E-state index contributed by atoms with van der Waals surface area (Å²) in [5.74, 6) is 0.209. The first kappa shape index (κ1) is 13.7. The molecule has 0 spiro atoms. The maximum atomic E-state index is 12.0. The first-order chi connectivity index (χ1) is 7.80. The van der Waals surface area contributed by atoms with Gasteiger partial charge in [-0.3, -0.25) is 0 Å². The van der Waals surface area contributed by atoms with Crippen LogP contribution in [0, 0.1) is 11.3 Å². The van der Waals surface area contributed by atoms with Gasteiger partial charge in [-0.15, -0.1) is 0 Å². The van der Waals surface area contributed by atoms with E-state index in [4.69, 9.17) is 5.26 Å². The van der Waals surface area contributed by atoms with Gasteiger partial charge >= 0.3 is 0 Å². The molecule has 0 aliphatic rings. The van der Waals surface area contributed by atoms with E-state index in [-0.39, 0.29) is 10.8 Å². The van der Waals surface area contributed by atoms with Crippen molar-refractivity contribution in [3.63, 3.8) is 0 Å². The highest BCUT2D eigenvalue weighted by molar-refractivity contribution is 7.92. The summed E-state index contributed by atoms with van der Waals surface area (Å²) in [6.45, 7) is 7.23. The average Bonchev–Trinajstić information content (AvgIpc) is 2.27. The van der Waals surface area contributed by atoms with Crippen molar-refractivity contribution in [1.29, 1.82) is 5.26 Å². The van der Waals surface area contributed by atoms with Crippen LogP contribution in [-0.2, 0) is 9.84 Å². The Morgan fingerprint density at radius 2 is 1.76 bits per heavy atom. The zero-order chi connectivity index (χ0) is 13.2. The van der Waals surface area contributed by atoms with Gasteiger partial charge in [0.25, 0.3) is 0 Å². The summed E-state index contributed by atoms with van der Waals surface area (Å²) in [5.41, 5.74) is 1.33. The molecule has 0 heterocycles. The smallest absolute Gasteiger partial charge is 0.180 e. The molecule has 0 aliphatic heterocycles. The molecule has 0 unspecified atom stereocenters. The minimum absolute atomic E-state index is 0.209. The molecule has 92 valence electrons. The van der Waals surface area contributed by atoms with Crippen molar-refractivity contribution in [2.45, 2.75) is 43.8 Å². The zero-order valence-corrected chi connectivity index (χ0v) is 11.4. The molecule has 1 aromatic rings. The van der Waals surface area contributed by atoms with E-state index in [0.29, 0.717) is 5.56 Å². The van der Waals surface area contributed by atoms with Crippen molar-refractivity contribution in [3.8, 4) is 6.07 Å². The minimum atomic E-state index is -3.30. The van der Waals surface area contributed by atoms with Gasteiger partial charge in [0.05, 0.1) is 21.8 Å². The maximum absolute atomic E-state index is 12.0. The first-order valence-corrected chi connectivity index (χ1v) is 7.13. The Kier molecular flexibility index (Phi) is 3.94. The molecule has 0 saturated carbocycles. The second kappa shape index (κ2) is 4.89. The fourth-order valence-electron chi connectivity index (χ4n) is 1.58. The van der Waals surface area contributed by atoms with Crippen molar-refractivity contribution in [1.82, 2.24) is 0 Å². The topological polar surface area (TPSA) is 57.9 Å². The Balaban J connectivity index is 3.40. The highest BCUT2D eigenvalue weighted by Crippen LogP contribution is 2.24. The molecule has 0 saturated heterocycles. The number of nitrogens with zero attached hydrogens (tertiary/aromatic N) is 1. The minimum Gasteiger partial charge on any atom is -0.223 e. The van der Waals surface area contributed by atoms with Gasteiger partial charge in [0, 0.05) is 0 Å². The van der Waals surface area contributed by atoms with E-state index in [9.17, 15) is 8.42 Å². The molecule has 0 atom stereocenters. The molecule has 1 aromatic carbocycles. The SMILES string of the molecule is CC(C)c1ccc(S(=O)(=O)C(C)C)cc1C#N. The van der Waals surface area contributed by atoms with Crippen LogP contribution in [0.15, 0.2) is 23.1 Å². The molecule has 0 radical (unpaired) electrons. The Hall–Kier alpha value is -1.34. The Bertz CT molecular complexity index is 551. The summed E-state index contributed by atoms with van der Waals surface area (Å²) in [7, 11) is -3.30. The molecule has 3 nitrogen and oxygen atoms in total. The van der Waals surface area contributed by atoms with Crippen LogP contribution in [0.1, 0.15) is 44.7 Å². The monoisotopic (exact) mass is 251 g/mol. The van der Waals surface area contributed by atoms with Crippen molar-refractivity contribution >= 4 is 9.84 Å². The van der Waals surface area contributed by atoms with Crippen LogP contribution < -0.4 is 0 Å². The van der Waals surface area contributed by atoms with Gasteiger partial charge in [-0.1, -0.05) is 19.9 Å². The van der Waals surface area contributed by atoms with E-state index >= 15 is 0 Å². The average molecular weight is 251 g/mol. The van der Waals surface area contributed by atoms with Gasteiger partial charge in [0.15, 0.2) is 9.84 Å². The summed E-state index contributed by atoms with van der Waals surface area (Å²) in [5, 5.41) is 8.58. The van der Waals surface area contributed by atoms with E-state index < -0.39 is 15.1 Å². The van der Waals surface area contributed by atoms with E-state index in [1.807, 2.05) is 13.8 Å². The molecule has 0 bridgehead atoms. The maximum Gasteiger partial charge on any atom is 0.180 e. The van der Waals surface area contributed by atoms with Crippen LogP contribution in [0.5, 0.6) is 0 Å². The lowest BCUT2D eigenvalue weighted by Gasteiger charge is -2.12.